The van der Waals surface area contributed by atoms with E-state index >= 15 is 0 Å². The van der Waals surface area contributed by atoms with Gasteiger partial charge >= 0.3 is 0 Å². The van der Waals surface area contributed by atoms with Gasteiger partial charge in [-0.15, -0.1) is 0 Å². The lowest BCUT2D eigenvalue weighted by atomic mass is 9.95. The molecule has 4 N–H and O–H groups in total. The molecule has 0 aliphatic rings. The van der Waals surface area contributed by atoms with Crippen LogP contribution in [0.1, 0.15) is 11.1 Å². The fourth-order valence-corrected chi connectivity index (χ4v) is 2.48. The summed E-state index contributed by atoms with van der Waals surface area (Å²) < 4.78 is 0. The van der Waals surface area contributed by atoms with Crippen molar-refractivity contribution in [2.24, 2.45) is 0 Å². The maximum absolute atomic E-state index is 9.36. The molecule has 0 atom stereocenters. The number of hydrogen-bond donors (Lipinski definition) is 2. The molecule has 0 bridgehead atoms. The van der Waals surface area contributed by atoms with Crippen molar-refractivity contribution in [1.29, 1.82) is 5.26 Å². The van der Waals surface area contributed by atoms with Crippen molar-refractivity contribution in [2.75, 3.05) is 11.5 Å². The van der Waals surface area contributed by atoms with E-state index in [9.17, 15) is 5.26 Å². The third-order valence-electron chi connectivity index (χ3n) is 3.44. The molecule has 5 heteroatoms. The maximum atomic E-state index is 9.36. The number of rotatable bonds is 1. The van der Waals surface area contributed by atoms with Gasteiger partial charge in [0.25, 0.3) is 0 Å². The van der Waals surface area contributed by atoms with Gasteiger partial charge in [0.2, 0.25) is 5.95 Å². The second-order valence-corrected chi connectivity index (χ2v) is 4.78. The molecule has 0 aliphatic carbocycles. The number of nitrogen functional groups attached to an aromatic ring is 2. The molecular formula is C16H13N5. The zero-order valence-corrected chi connectivity index (χ0v) is 11.5. The van der Waals surface area contributed by atoms with Crippen LogP contribution < -0.4 is 11.5 Å². The van der Waals surface area contributed by atoms with Crippen molar-refractivity contribution < 1.29 is 0 Å². The Hall–Kier alpha value is -3.13. The first-order valence-electron chi connectivity index (χ1n) is 6.43. The summed E-state index contributed by atoms with van der Waals surface area (Å²) in [5, 5.41) is 11.4. The lowest BCUT2D eigenvalue weighted by Gasteiger charge is -2.12. The van der Waals surface area contributed by atoms with Crippen LogP contribution in [0, 0.1) is 18.3 Å². The summed E-state index contributed by atoms with van der Waals surface area (Å²) in [4.78, 5) is 8.11. The van der Waals surface area contributed by atoms with E-state index in [1.165, 1.54) is 0 Å². The average molecular weight is 275 g/mol. The van der Waals surface area contributed by atoms with Gasteiger partial charge in [-0.1, -0.05) is 36.4 Å². The molecule has 1 aromatic heterocycles. The summed E-state index contributed by atoms with van der Waals surface area (Å²) >= 11 is 0. The molecule has 0 aliphatic heterocycles. The van der Waals surface area contributed by atoms with Gasteiger partial charge in [0, 0.05) is 5.56 Å². The van der Waals surface area contributed by atoms with Gasteiger partial charge in [-0.05, 0) is 23.3 Å². The van der Waals surface area contributed by atoms with Crippen LogP contribution in [0.4, 0.5) is 11.8 Å². The second kappa shape index (κ2) is 4.76. The highest BCUT2D eigenvalue weighted by Gasteiger charge is 2.17. The lowest BCUT2D eigenvalue weighted by Crippen LogP contribution is -2.05. The number of aryl methyl sites for hydroxylation is 1. The fourth-order valence-electron chi connectivity index (χ4n) is 2.48. The SMILES string of the molecule is Cc1ccc2ccccc2c1-c1nc(N)nc(N)c1C#N. The van der Waals surface area contributed by atoms with Crippen molar-refractivity contribution in [1.82, 2.24) is 9.97 Å². The summed E-state index contributed by atoms with van der Waals surface area (Å²) in [6.45, 7) is 1.97. The number of nitrogens with two attached hydrogens (primary N) is 2. The number of benzene rings is 2. The monoisotopic (exact) mass is 275 g/mol. The minimum absolute atomic E-state index is 0.0637. The number of fused-ring (bicyclic) bond motifs is 1. The minimum atomic E-state index is 0.0637. The van der Waals surface area contributed by atoms with Crippen molar-refractivity contribution in [3.8, 4) is 17.3 Å². The molecule has 0 fully saturated rings. The highest BCUT2D eigenvalue weighted by molar-refractivity contribution is 5.99. The molecule has 21 heavy (non-hydrogen) atoms. The van der Waals surface area contributed by atoms with E-state index in [2.05, 4.69) is 16.0 Å². The summed E-state index contributed by atoms with van der Waals surface area (Å²) in [6.07, 6.45) is 0. The average Bonchev–Trinajstić information content (AvgIpc) is 2.46. The van der Waals surface area contributed by atoms with Crippen LogP contribution in [-0.2, 0) is 0 Å². The molecule has 3 aromatic rings. The topological polar surface area (TPSA) is 102 Å². The van der Waals surface area contributed by atoms with E-state index in [4.69, 9.17) is 11.5 Å². The minimum Gasteiger partial charge on any atom is -0.382 e. The third kappa shape index (κ3) is 2.03. The van der Waals surface area contributed by atoms with Crippen molar-refractivity contribution in [3.63, 3.8) is 0 Å². The number of nitrogens with zero attached hydrogens (tertiary/aromatic N) is 3. The zero-order valence-electron chi connectivity index (χ0n) is 11.5. The van der Waals surface area contributed by atoms with E-state index in [1.54, 1.807) is 0 Å². The molecule has 0 amide bonds. The number of hydrogen-bond acceptors (Lipinski definition) is 5. The Morgan fingerprint density at radius 1 is 1.05 bits per heavy atom. The van der Waals surface area contributed by atoms with Gasteiger partial charge < -0.3 is 11.5 Å². The molecule has 0 unspecified atom stereocenters. The molecule has 0 spiro atoms. The Morgan fingerprint density at radius 2 is 1.81 bits per heavy atom. The van der Waals surface area contributed by atoms with Crippen LogP contribution in [0.15, 0.2) is 36.4 Å². The first kappa shape index (κ1) is 12.9. The fraction of sp³-hybridized carbons (Fsp3) is 0.0625. The molecule has 5 nitrogen and oxygen atoms in total. The summed E-state index contributed by atoms with van der Waals surface area (Å²) in [7, 11) is 0. The Morgan fingerprint density at radius 3 is 2.57 bits per heavy atom. The smallest absolute Gasteiger partial charge is 0.222 e. The second-order valence-electron chi connectivity index (χ2n) is 4.78. The Balaban J connectivity index is 2.47. The van der Waals surface area contributed by atoms with E-state index in [1.807, 2.05) is 43.3 Å². The van der Waals surface area contributed by atoms with Crippen molar-refractivity contribution in [2.45, 2.75) is 6.92 Å². The van der Waals surface area contributed by atoms with E-state index in [0.717, 1.165) is 21.9 Å². The van der Waals surface area contributed by atoms with E-state index < -0.39 is 0 Å². The normalized spacial score (nSPS) is 10.5. The molecule has 0 saturated carbocycles. The van der Waals surface area contributed by atoms with Crippen molar-refractivity contribution in [3.05, 3.63) is 47.5 Å². The van der Waals surface area contributed by atoms with Crippen LogP contribution in [-0.4, -0.2) is 9.97 Å². The number of nitriles is 1. The Bertz CT molecular complexity index is 893. The molecule has 2 aromatic carbocycles. The maximum Gasteiger partial charge on any atom is 0.222 e. The quantitative estimate of drug-likeness (QED) is 0.710. The molecule has 1 heterocycles. The molecule has 3 rings (SSSR count). The molecule has 0 radical (unpaired) electrons. The largest absolute Gasteiger partial charge is 0.382 e. The summed E-state index contributed by atoms with van der Waals surface area (Å²) in [5.74, 6) is 0.168. The predicted molar refractivity (Wildman–Crippen MR) is 83.3 cm³/mol. The van der Waals surface area contributed by atoms with Crippen LogP contribution in [0.25, 0.3) is 22.0 Å². The van der Waals surface area contributed by atoms with Crippen molar-refractivity contribution >= 4 is 22.5 Å². The van der Waals surface area contributed by atoms with Crippen LogP contribution in [0.3, 0.4) is 0 Å². The zero-order chi connectivity index (χ0) is 15.0. The molecule has 0 saturated heterocycles. The van der Waals surface area contributed by atoms with Gasteiger partial charge in [0.15, 0.2) is 0 Å². The first-order valence-corrected chi connectivity index (χ1v) is 6.43. The third-order valence-corrected chi connectivity index (χ3v) is 3.44. The van der Waals surface area contributed by atoms with Crippen LogP contribution >= 0.6 is 0 Å². The summed E-state index contributed by atoms with van der Waals surface area (Å²) in [6, 6.07) is 14.0. The van der Waals surface area contributed by atoms with Gasteiger partial charge in [-0.3, -0.25) is 0 Å². The highest BCUT2D eigenvalue weighted by atomic mass is 15.0. The number of aromatic nitrogens is 2. The van der Waals surface area contributed by atoms with Crippen LogP contribution in [0.2, 0.25) is 0 Å². The Kier molecular flexibility index (Phi) is 2.92. The number of anilines is 2. The highest BCUT2D eigenvalue weighted by Crippen LogP contribution is 2.34. The first-order chi connectivity index (χ1) is 10.1. The van der Waals surface area contributed by atoms with E-state index in [-0.39, 0.29) is 17.3 Å². The Labute approximate surface area is 121 Å². The van der Waals surface area contributed by atoms with Gasteiger partial charge in [-0.2, -0.15) is 10.2 Å². The van der Waals surface area contributed by atoms with Gasteiger partial charge in [0.05, 0.1) is 5.69 Å². The van der Waals surface area contributed by atoms with Gasteiger partial charge in [-0.25, -0.2) is 4.98 Å². The van der Waals surface area contributed by atoms with Crippen LogP contribution in [0.5, 0.6) is 0 Å². The molecular weight excluding hydrogens is 262 g/mol. The predicted octanol–water partition coefficient (Wildman–Crippen LogP) is 2.64. The van der Waals surface area contributed by atoms with E-state index in [0.29, 0.717) is 5.69 Å². The standard InChI is InChI=1S/C16H13N5/c1-9-6-7-10-4-2-3-5-11(10)13(9)14-12(8-17)15(18)21-16(19)20-14/h2-7H,1H3,(H4,18,19,20,21). The van der Waals surface area contributed by atoms with Gasteiger partial charge in [0.1, 0.15) is 17.5 Å². The molecule has 102 valence electrons. The summed E-state index contributed by atoms with van der Waals surface area (Å²) in [5.41, 5.74) is 14.1. The lowest BCUT2D eigenvalue weighted by molar-refractivity contribution is 1.18.